The molecule has 0 spiro atoms. The number of tetrazole rings is 1. The number of aromatic amines is 1. The molecule has 14 heteroatoms. The normalized spacial score (nSPS) is 14.6. The topological polar surface area (TPSA) is 159 Å². The molecule has 4 aromatic rings. The minimum atomic E-state index is -1.08. The molecule has 43 heavy (non-hydrogen) atoms. The summed E-state index contributed by atoms with van der Waals surface area (Å²) in [4.78, 5) is 45.3. The van der Waals surface area contributed by atoms with Gasteiger partial charge in [0.1, 0.15) is 28.8 Å². The van der Waals surface area contributed by atoms with E-state index in [1.807, 2.05) is 0 Å². The van der Waals surface area contributed by atoms with E-state index in [4.69, 9.17) is 28.2 Å². The van der Waals surface area contributed by atoms with Crippen molar-refractivity contribution in [3.8, 4) is 16.9 Å². The molecule has 0 bridgehead atoms. The molecule has 0 unspecified atom stereocenters. The van der Waals surface area contributed by atoms with Gasteiger partial charge in [0.2, 0.25) is 5.91 Å². The van der Waals surface area contributed by atoms with E-state index in [9.17, 15) is 19.5 Å². The molecule has 12 nitrogen and oxygen atoms in total. The number of H-pyrrole nitrogens is 1. The highest BCUT2D eigenvalue weighted by atomic mass is 35.5. The Hall–Kier alpha value is -4.55. The maximum Gasteiger partial charge on any atom is 0.411 e. The van der Waals surface area contributed by atoms with E-state index < -0.39 is 12.1 Å². The van der Waals surface area contributed by atoms with Crippen molar-refractivity contribution in [3.05, 3.63) is 76.4 Å². The summed E-state index contributed by atoms with van der Waals surface area (Å²) in [7, 11) is 1.45. The van der Waals surface area contributed by atoms with Crippen molar-refractivity contribution in [2.75, 3.05) is 11.9 Å². The molecule has 1 saturated carbocycles. The van der Waals surface area contributed by atoms with E-state index in [0.29, 0.717) is 58.3 Å². The van der Waals surface area contributed by atoms with Crippen LogP contribution in [0.25, 0.3) is 23.0 Å². The predicted octanol–water partition coefficient (Wildman–Crippen LogP) is 5.49. The number of rotatable bonds is 9. The van der Waals surface area contributed by atoms with Crippen molar-refractivity contribution in [2.45, 2.75) is 38.1 Å². The first kappa shape index (κ1) is 29.9. The molecule has 2 amide bonds. The Morgan fingerprint density at radius 1 is 1.19 bits per heavy atom. The van der Waals surface area contributed by atoms with Gasteiger partial charge in [0.05, 0.1) is 11.7 Å². The molecule has 3 N–H and O–H groups in total. The maximum atomic E-state index is 13.2. The zero-order valence-electron chi connectivity index (χ0n) is 23.1. The van der Waals surface area contributed by atoms with E-state index in [-0.39, 0.29) is 22.8 Å². The molecule has 222 valence electrons. The zero-order chi connectivity index (χ0) is 30.5. The van der Waals surface area contributed by atoms with Crippen molar-refractivity contribution in [1.29, 1.82) is 0 Å². The van der Waals surface area contributed by atoms with Gasteiger partial charge >= 0.3 is 6.09 Å². The van der Waals surface area contributed by atoms with E-state index in [1.54, 1.807) is 48.5 Å². The zero-order valence-corrected chi connectivity index (χ0v) is 24.6. The highest BCUT2D eigenvalue weighted by Gasteiger charge is 2.27. The number of hydrogen-bond acceptors (Lipinski definition) is 7. The number of carbonyl (C=O) groups is 3. The summed E-state index contributed by atoms with van der Waals surface area (Å²) in [6.07, 6.45) is 6.46. The Morgan fingerprint density at radius 3 is 2.60 bits per heavy atom. The van der Waals surface area contributed by atoms with Crippen molar-refractivity contribution < 1.29 is 19.5 Å². The Morgan fingerprint density at radius 2 is 1.93 bits per heavy atom. The van der Waals surface area contributed by atoms with Gasteiger partial charge in [-0.05, 0) is 72.0 Å². The molecule has 1 aliphatic carbocycles. The monoisotopic (exact) mass is 622 g/mol. The lowest BCUT2D eigenvalue weighted by atomic mass is 9.84. The largest absolute Gasteiger partial charge is 0.465 e. The van der Waals surface area contributed by atoms with Crippen molar-refractivity contribution in [2.24, 2.45) is 5.92 Å². The molecular formula is C29H28Cl2N8O4. The Labute approximate surface area is 256 Å². The van der Waals surface area contributed by atoms with Crippen LogP contribution in [0.5, 0.6) is 0 Å². The molecule has 0 aliphatic heterocycles. The first-order chi connectivity index (χ1) is 20.7. The Balaban J connectivity index is 1.39. The van der Waals surface area contributed by atoms with Gasteiger partial charge in [-0.15, -0.1) is 5.10 Å². The lowest BCUT2D eigenvalue weighted by molar-refractivity contribution is -0.121. The smallest absolute Gasteiger partial charge is 0.411 e. The molecular weight excluding hydrogens is 595 g/mol. The van der Waals surface area contributed by atoms with E-state index in [0.717, 1.165) is 17.7 Å². The van der Waals surface area contributed by atoms with Crippen LogP contribution >= 0.6 is 23.2 Å². The van der Waals surface area contributed by atoms with Crippen LogP contribution in [0.4, 0.5) is 10.5 Å². The van der Waals surface area contributed by atoms with Gasteiger partial charge in [-0.1, -0.05) is 35.3 Å². The van der Waals surface area contributed by atoms with Gasteiger partial charge in [0.25, 0.3) is 0 Å². The summed E-state index contributed by atoms with van der Waals surface area (Å²) in [6.45, 7) is 0. The van der Waals surface area contributed by atoms with Crippen LogP contribution in [0.2, 0.25) is 10.2 Å². The summed E-state index contributed by atoms with van der Waals surface area (Å²) >= 11 is 12.8. The highest BCUT2D eigenvalue weighted by molar-refractivity contribution is 6.32. The fourth-order valence-corrected chi connectivity index (χ4v) is 5.44. The minimum absolute atomic E-state index is 0.212. The molecule has 2 aromatic heterocycles. The third-order valence-electron chi connectivity index (χ3n) is 7.37. The number of carboxylic acid groups (broad SMARTS) is 1. The van der Waals surface area contributed by atoms with E-state index in [1.165, 1.54) is 24.1 Å². The predicted molar refractivity (Wildman–Crippen MR) is 161 cm³/mol. The highest BCUT2D eigenvalue weighted by Crippen LogP contribution is 2.34. The van der Waals surface area contributed by atoms with Crippen LogP contribution < -0.4 is 10.2 Å². The molecule has 1 atom stereocenters. The lowest BCUT2D eigenvalue weighted by Crippen LogP contribution is -2.30. The number of aromatic nitrogens is 6. The number of benzene rings is 2. The number of hydrogen-bond donors (Lipinski definition) is 3. The van der Waals surface area contributed by atoms with Crippen LogP contribution in [-0.4, -0.2) is 60.1 Å². The van der Waals surface area contributed by atoms with E-state index >= 15 is 0 Å². The molecule has 2 heterocycles. The number of anilines is 1. The number of nitrogens with zero attached hydrogens (tertiary/aromatic N) is 6. The van der Waals surface area contributed by atoms with Gasteiger partial charge in [0, 0.05) is 47.8 Å². The first-order valence-corrected chi connectivity index (χ1v) is 14.3. The fraction of sp³-hybridized carbons (Fsp3) is 0.276. The second-order valence-electron chi connectivity index (χ2n) is 10.2. The van der Waals surface area contributed by atoms with Gasteiger partial charge in [-0.2, -0.15) is 4.68 Å². The number of carbonyl (C=O) groups excluding carboxylic acids is 2. The first-order valence-electron chi connectivity index (χ1n) is 13.5. The number of Topliss-reactive ketones (excluding diaryl/α,β-unsaturated/α-hetero) is 1. The average Bonchev–Trinajstić information content (AvgIpc) is 3.67. The lowest BCUT2D eigenvalue weighted by Gasteiger charge is -2.25. The summed E-state index contributed by atoms with van der Waals surface area (Å²) in [5.41, 5.74) is 2.93. The van der Waals surface area contributed by atoms with Crippen LogP contribution in [-0.2, 0) is 9.59 Å². The third-order valence-corrected chi connectivity index (χ3v) is 7.88. The van der Waals surface area contributed by atoms with Crippen LogP contribution in [0, 0.1) is 5.92 Å². The standard InChI is InChI=1S/C29H28Cl2N8O4/c1-38(29(42)43)21-8-4-18(5-9-21)26-27(31)35-28(34-26)23(14-17-2-10-22(40)11-3-17)33-25(41)13-6-19-15-20(30)7-12-24(19)39-16-32-36-37-39/h4-9,12-13,15-17,23H,2-3,10-11,14H2,1H3,(H,33,41)(H,34,35)(H,42,43)/b13-6+/t23-/m0/s1. The van der Waals surface area contributed by atoms with Crippen molar-refractivity contribution in [1.82, 2.24) is 35.5 Å². The summed E-state index contributed by atoms with van der Waals surface area (Å²) in [6, 6.07) is 11.4. The van der Waals surface area contributed by atoms with Crippen molar-refractivity contribution in [3.63, 3.8) is 0 Å². The number of nitrogens with one attached hydrogen (secondary N) is 2. The molecule has 5 rings (SSSR count). The van der Waals surface area contributed by atoms with Crippen LogP contribution in [0.3, 0.4) is 0 Å². The van der Waals surface area contributed by atoms with Gasteiger partial charge in [0.15, 0.2) is 0 Å². The number of halogens is 2. The van der Waals surface area contributed by atoms with E-state index in [2.05, 4.69) is 25.8 Å². The summed E-state index contributed by atoms with van der Waals surface area (Å²) in [5, 5.41) is 24.3. The van der Waals surface area contributed by atoms with Crippen molar-refractivity contribution >= 4 is 52.7 Å². The van der Waals surface area contributed by atoms with Crippen LogP contribution in [0.1, 0.15) is 49.5 Å². The molecule has 1 aliphatic rings. The maximum absolute atomic E-state index is 13.2. The van der Waals surface area contributed by atoms with Gasteiger partial charge in [-0.3, -0.25) is 14.5 Å². The second kappa shape index (κ2) is 13.2. The SMILES string of the molecule is CN(C(=O)O)c1ccc(-c2nc([C@H](CC3CCC(=O)CC3)NC(=O)/C=C/c3cc(Cl)ccc3-n3cnnn3)[nH]c2Cl)cc1. The number of amides is 2. The summed E-state index contributed by atoms with van der Waals surface area (Å²) < 4.78 is 1.47. The molecule has 2 aromatic carbocycles. The minimum Gasteiger partial charge on any atom is -0.465 e. The Kier molecular flexibility index (Phi) is 9.17. The molecule has 1 fully saturated rings. The summed E-state index contributed by atoms with van der Waals surface area (Å²) in [5.74, 6) is 0.571. The number of imidazole rings is 1. The second-order valence-corrected chi connectivity index (χ2v) is 11.1. The molecule has 0 radical (unpaired) electrons. The number of ketones is 1. The Bertz CT molecular complexity index is 1640. The quantitative estimate of drug-likeness (QED) is 0.206. The van der Waals surface area contributed by atoms with Gasteiger partial charge < -0.3 is 15.4 Å². The third kappa shape index (κ3) is 7.27. The molecule has 0 saturated heterocycles. The van der Waals surface area contributed by atoms with Gasteiger partial charge in [-0.25, -0.2) is 9.78 Å². The average molecular weight is 624 g/mol. The fourth-order valence-electron chi connectivity index (χ4n) is 5.01. The van der Waals surface area contributed by atoms with Crippen LogP contribution in [0.15, 0.2) is 54.9 Å².